The van der Waals surface area contributed by atoms with Gasteiger partial charge in [0.25, 0.3) is 11.8 Å². The molecule has 2 amide bonds. The second-order valence-electron chi connectivity index (χ2n) is 12.6. The molecule has 8 nitrogen and oxygen atoms in total. The number of ether oxygens (including phenoxy) is 2. The minimum atomic E-state index is -0.984. The molecular formula is C36H32N4O4. The van der Waals surface area contributed by atoms with Crippen LogP contribution in [-0.4, -0.2) is 52.2 Å². The van der Waals surface area contributed by atoms with Crippen LogP contribution in [0.5, 0.6) is 0 Å². The second kappa shape index (κ2) is 8.71. The highest BCUT2D eigenvalue weighted by Gasteiger charge is 2.55. The largest absolute Gasteiger partial charge is 0.374 e. The van der Waals surface area contributed by atoms with Crippen molar-refractivity contribution in [1.82, 2.24) is 19.4 Å². The number of fused-ring (bicyclic) bond motifs is 13. The van der Waals surface area contributed by atoms with Crippen LogP contribution in [0.3, 0.4) is 0 Å². The van der Waals surface area contributed by atoms with E-state index < -0.39 is 18.1 Å². The quantitative estimate of drug-likeness (QED) is 0.268. The number of benzene rings is 4. The summed E-state index contributed by atoms with van der Waals surface area (Å²) < 4.78 is 18.2. The van der Waals surface area contributed by atoms with E-state index in [0.29, 0.717) is 18.5 Å². The first-order chi connectivity index (χ1) is 21.3. The highest BCUT2D eigenvalue weighted by molar-refractivity contribution is 6.31. The number of hydrogen-bond donors (Lipinski definition) is 1. The Labute approximate surface area is 253 Å². The SMILES string of the molecule is COC1C(N(C)C(=O)c2cccc(C)c2)CC2OC1(C)n1c3ccccc3c3c4c(c5c6ccccc6n2c5c31)C(=O)NC4. The van der Waals surface area contributed by atoms with Gasteiger partial charge < -0.3 is 28.8 Å². The van der Waals surface area contributed by atoms with Gasteiger partial charge in [-0.3, -0.25) is 9.59 Å². The van der Waals surface area contributed by atoms with Crippen LogP contribution in [0.25, 0.3) is 43.6 Å². The maximum absolute atomic E-state index is 14.0. The number of amides is 2. The zero-order valence-corrected chi connectivity index (χ0v) is 25.0. The fourth-order valence-corrected chi connectivity index (χ4v) is 8.52. The molecule has 0 saturated carbocycles. The number of likely N-dealkylation sites (N-methyl/N-ethyl adjacent to an activating group) is 1. The van der Waals surface area contributed by atoms with Crippen molar-refractivity contribution in [2.45, 2.75) is 50.9 Å². The topological polar surface area (TPSA) is 77.7 Å². The Kier molecular flexibility index (Phi) is 5.11. The van der Waals surface area contributed by atoms with Gasteiger partial charge in [0, 0.05) is 54.2 Å². The summed E-state index contributed by atoms with van der Waals surface area (Å²) in [5.41, 5.74) is 6.51. The van der Waals surface area contributed by atoms with Crippen LogP contribution in [0.15, 0.2) is 72.8 Å². The zero-order chi connectivity index (χ0) is 30.1. The van der Waals surface area contributed by atoms with Crippen molar-refractivity contribution in [2.75, 3.05) is 14.2 Å². The average Bonchev–Trinajstić information content (AvgIpc) is 3.67. The van der Waals surface area contributed by atoms with Crippen LogP contribution in [0.1, 0.15) is 51.4 Å². The molecule has 9 rings (SSSR count). The summed E-state index contributed by atoms with van der Waals surface area (Å²) in [6, 6.07) is 24.0. The maximum Gasteiger partial charge on any atom is 0.253 e. The molecule has 220 valence electrons. The van der Waals surface area contributed by atoms with Crippen molar-refractivity contribution in [3.8, 4) is 0 Å². The molecule has 3 aliphatic heterocycles. The number of hydrogen-bond acceptors (Lipinski definition) is 4. The minimum Gasteiger partial charge on any atom is -0.374 e. The molecule has 1 saturated heterocycles. The van der Waals surface area contributed by atoms with E-state index in [1.807, 2.05) is 67.4 Å². The third-order valence-corrected chi connectivity index (χ3v) is 10.3. The molecule has 4 aromatic carbocycles. The van der Waals surface area contributed by atoms with Crippen molar-refractivity contribution in [2.24, 2.45) is 0 Å². The predicted octanol–water partition coefficient (Wildman–Crippen LogP) is 6.22. The van der Waals surface area contributed by atoms with Gasteiger partial charge in [0.2, 0.25) is 0 Å². The number of rotatable bonds is 3. The van der Waals surface area contributed by atoms with Crippen LogP contribution in [-0.2, 0) is 21.7 Å². The summed E-state index contributed by atoms with van der Waals surface area (Å²) in [5, 5.41) is 7.25. The molecule has 4 atom stereocenters. The number of methoxy groups -OCH3 is 1. The molecule has 8 heteroatoms. The summed E-state index contributed by atoms with van der Waals surface area (Å²) >= 11 is 0. The number of carbonyl (C=O) groups excluding carboxylic acids is 2. The normalized spacial score (nSPS) is 23.9. The molecule has 0 spiro atoms. The lowest BCUT2D eigenvalue weighted by molar-refractivity contribution is -0.264. The first-order valence-electron chi connectivity index (χ1n) is 15.2. The lowest BCUT2D eigenvalue weighted by Crippen LogP contribution is -2.61. The van der Waals surface area contributed by atoms with Gasteiger partial charge in [-0.2, -0.15) is 0 Å². The van der Waals surface area contributed by atoms with E-state index in [1.165, 1.54) is 0 Å². The molecule has 0 radical (unpaired) electrons. The minimum absolute atomic E-state index is 0.0443. The number of nitrogens with zero attached hydrogens (tertiary/aromatic N) is 3. The lowest BCUT2D eigenvalue weighted by atomic mass is 9.91. The van der Waals surface area contributed by atoms with Gasteiger partial charge in [0.15, 0.2) is 5.72 Å². The van der Waals surface area contributed by atoms with E-state index in [4.69, 9.17) is 9.47 Å². The molecule has 1 N–H and O–H groups in total. The zero-order valence-electron chi connectivity index (χ0n) is 25.0. The monoisotopic (exact) mass is 584 g/mol. The van der Waals surface area contributed by atoms with Gasteiger partial charge in [-0.25, -0.2) is 0 Å². The fraction of sp³-hybridized carbons (Fsp3) is 0.278. The Morgan fingerprint density at radius 1 is 1.00 bits per heavy atom. The highest BCUT2D eigenvalue weighted by atomic mass is 16.6. The van der Waals surface area contributed by atoms with Gasteiger partial charge in [0.1, 0.15) is 12.3 Å². The second-order valence-corrected chi connectivity index (χ2v) is 12.6. The van der Waals surface area contributed by atoms with Crippen LogP contribution in [0, 0.1) is 6.92 Å². The van der Waals surface area contributed by atoms with Gasteiger partial charge in [-0.1, -0.05) is 54.1 Å². The van der Waals surface area contributed by atoms with Crippen molar-refractivity contribution in [3.05, 3.63) is 95.1 Å². The van der Waals surface area contributed by atoms with E-state index in [0.717, 1.165) is 60.3 Å². The Hall–Kier alpha value is -4.66. The molecule has 0 aliphatic carbocycles. The number of carbonyl (C=O) groups is 2. The summed E-state index contributed by atoms with van der Waals surface area (Å²) in [7, 11) is 3.59. The molecule has 1 fully saturated rings. The first kappa shape index (κ1) is 25.8. The fourth-order valence-electron chi connectivity index (χ4n) is 8.52. The molecule has 5 heterocycles. The summed E-state index contributed by atoms with van der Waals surface area (Å²) in [4.78, 5) is 29.4. The smallest absolute Gasteiger partial charge is 0.253 e. The van der Waals surface area contributed by atoms with Crippen LogP contribution < -0.4 is 5.32 Å². The molecular weight excluding hydrogens is 552 g/mol. The predicted molar refractivity (Wildman–Crippen MR) is 170 cm³/mol. The Morgan fingerprint density at radius 3 is 2.48 bits per heavy atom. The number of aryl methyl sites for hydroxylation is 1. The Bertz CT molecular complexity index is 2250. The Balaban J connectivity index is 1.41. The van der Waals surface area contributed by atoms with Crippen LogP contribution in [0.4, 0.5) is 0 Å². The van der Waals surface area contributed by atoms with Gasteiger partial charge in [0.05, 0.1) is 33.7 Å². The molecule has 6 aromatic rings. The third kappa shape index (κ3) is 3.04. The van der Waals surface area contributed by atoms with E-state index in [-0.39, 0.29) is 17.9 Å². The number of aromatic nitrogens is 2. The van der Waals surface area contributed by atoms with Gasteiger partial charge >= 0.3 is 0 Å². The average molecular weight is 585 g/mol. The Morgan fingerprint density at radius 2 is 1.73 bits per heavy atom. The molecule has 2 bridgehead atoms. The van der Waals surface area contributed by atoms with E-state index in [9.17, 15) is 9.59 Å². The van der Waals surface area contributed by atoms with Crippen LogP contribution >= 0.6 is 0 Å². The standard InChI is InChI=1S/C36H32N4O4/c1-19-10-9-11-20(16-19)35(42)38(3)26-17-27-39-24-14-7-5-12-21(24)29-30-23(18-37-34(30)41)28-22-13-6-8-15-25(22)40(32(28)31(29)39)36(2,44-27)33(26)43-4/h5-16,26-27,33H,17-18H2,1-4H3,(H,37,41). The van der Waals surface area contributed by atoms with E-state index >= 15 is 0 Å². The summed E-state index contributed by atoms with van der Waals surface area (Å²) in [6.07, 6.45) is -0.393. The van der Waals surface area contributed by atoms with Crippen molar-refractivity contribution >= 4 is 55.4 Å². The highest BCUT2D eigenvalue weighted by Crippen LogP contribution is 2.54. The lowest BCUT2D eigenvalue weighted by Gasteiger charge is -2.50. The van der Waals surface area contributed by atoms with Crippen molar-refractivity contribution in [3.63, 3.8) is 0 Å². The van der Waals surface area contributed by atoms with Gasteiger partial charge in [-0.05, 0) is 43.7 Å². The maximum atomic E-state index is 14.0. The van der Waals surface area contributed by atoms with E-state index in [1.54, 1.807) is 7.11 Å². The number of nitrogens with one attached hydrogen (secondary N) is 1. The first-order valence-corrected chi connectivity index (χ1v) is 15.2. The van der Waals surface area contributed by atoms with Crippen LogP contribution in [0.2, 0.25) is 0 Å². The third-order valence-electron chi connectivity index (χ3n) is 10.3. The summed E-state index contributed by atoms with van der Waals surface area (Å²) in [6.45, 7) is 4.56. The molecule has 44 heavy (non-hydrogen) atoms. The van der Waals surface area contributed by atoms with Crippen molar-refractivity contribution in [1.29, 1.82) is 0 Å². The number of para-hydroxylation sites is 2. The molecule has 3 aliphatic rings. The summed E-state index contributed by atoms with van der Waals surface area (Å²) in [5.74, 6) is -0.0988. The molecule has 2 aromatic heterocycles. The van der Waals surface area contributed by atoms with Crippen molar-refractivity contribution < 1.29 is 19.1 Å². The molecule has 4 unspecified atom stereocenters. The van der Waals surface area contributed by atoms with E-state index in [2.05, 4.69) is 45.6 Å². The van der Waals surface area contributed by atoms with Gasteiger partial charge in [-0.15, -0.1) is 0 Å².